The molecule has 1 atom stereocenters. The molecule has 0 saturated heterocycles. The number of aromatic nitrogens is 2. The van der Waals surface area contributed by atoms with Gasteiger partial charge in [-0.15, -0.1) is 0 Å². The summed E-state index contributed by atoms with van der Waals surface area (Å²) in [5.74, 6) is 0.785. The van der Waals surface area contributed by atoms with E-state index >= 15 is 0 Å². The van der Waals surface area contributed by atoms with Crippen LogP contribution in [-0.4, -0.2) is 22.0 Å². The highest BCUT2D eigenvalue weighted by Gasteiger charge is 2.16. The van der Waals surface area contributed by atoms with Gasteiger partial charge in [-0.1, -0.05) is 19.1 Å². The Bertz CT molecular complexity index is 517. The standard InChI is InChI=1S/C14H18N2O2/c1-4-13-12(9-16(2)15-13)14(17)10-5-7-11(18-3)8-6-10/h5-9,14,17H,4H2,1-3H3. The van der Waals surface area contributed by atoms with E-state index < -0.39 is 6.10 Å². The largest absolute Gasteiger partial charge is 0.497 e. The van der Waals surface area contributed by atoms with E-state index in [1.165, 1.54) is 0 Å². The number of aryl methyl sites for hydroxylation is 2. The van der Waals surface area contributed by atoms with Crippen LogP contribution in [0.15, 0.2) is 30.5 Å². The molecule has 0 radical (unpaired) electrons. The summed E-state index contributed by atoms with van der Waals surface area (Å²) in [4.78, 5) is 0. The number of nitrogens with zero attached hydrogens (tertiary/aromatic N) is 2. The second kappa shape index (κ2) is 5.23. The predicted molar refractivity (Wildman–Crippen MR) is 69.6 cm³/mol. The van der Waals surface area contributed by atoms with Crippen LogP contribution in [0.5, 0.6) is 5.75 Å². The molecule has 0 saturated carbocycles. The fourth-order valence-electron chi connectivity index (χ4n) is 2.02. The van der Waals surface area contributed by atoms with Gasteiger partial charge >= 0.3 is 0 Å². The molecule has 96 valence electrons. The third-order valence-electron chi connectivity index (χ3n) is 3.00. The molecule has 0 aliphatic carbocycles. The Morgan fingerprint density at radius 1 is 1.33 bits per heavy atom. The van der Waals surface area contributed by atoms with Gasteiger partial charge in [-0.2, -0.15) is 5.10 Å². The molecule has 4 nitrogen and oxygen atoms in total. The first-order valence-corrected chi connectivity index (χ1v) is 6.00. The zero-order valence-corrected chi connectivity index (χ0v) is 10.9. The minimum atomic E-state index is -0.639. The molecule has 1 aromatic heterocycles. The van der Waals surface area contributed by atoms with Crippen LogP contribution in [0, 0.1) is 0 Å². The van der Waals surface area contributed by atoms with Crippen molar-refractivity contribution in [3.8, 4) is 5.75 Å². The molecule has 0 aliphatic heterocycles. The molecule has 18 heavy (non-hydrogen) atoms. The average molecular weight is 246 g/mol. The monoisotopic (exact) mass is 246 g/mol. The SMILES string of the molecule is CCc1nn(C)cc1C(O)c1ccc(OC)cc1. The average Bonchev–Trinajstić information content (AvgIpc) is 2.79. The quantitative estimate of drug-likeness (QED) is 0.898. The van der Waals surface area contributed by atoms with Crippen molar-refractivity contribution < 1.29 is 9.84 Å². The first kappa shape index (κ1) is 12.6. The highest BCUT2D eigenvalue weighted by molar-refractivity contribution is 5.34. The van der Waals surface area contributed by atoms with Crippen LogP contribution in [0.25, 0.3) is 0 Å². The molecule has 1 N–H and O–H groups in total. The van der Waals surface area contributed by atoms with E-state index in [1.54, 1.807) is 11.8 Å². The number of ether oxygens (including phenoxy) is 1. The molecule has 0 spiro atoms. The van der Waals surface area contributed by atoms with Gasteiger partial charge < -0.3 is 9.84 Å². The number of rotatable bonds is 4. The lowest BCUT2D eigenvalue weighted by Crippen LogP contribution is -2.01. The van der Waals surface area contributed by atoms with Gasteiger partial charge in [-0.3, -0.25) is 4.68 Å². The second-order valence-electron chi connectivity index (χ2n) is 4.23. The summed E-state index contributed by atoms with van der Waals surface area (Å²) >= 11 is 0. The lowest BCUT2D eigenvalue weighted by molar-refractivity contribution is 0.219. The number of hydrogen-bond donors (Lipinski definition) is 1. The topological polar surface area (TPSA) is 47.3 Å². The van der Waals surface area contributed by atoms with Gasteiger partial charge in [0.2, 0.25) is 0 Å². The summed E-state index contributed by atoms with van der Waals surface area (Å²) in [5, 5.41) is 14.7. The van der Waals surface area contributed by atoms with Gasteiger partial charge in [-0.25, -0.2) is 0 Å². The summed E-state index contributed by atoms with van der Waals surface area (Å²) in [7, 11) is 3.49. The summed E-state index contributed by atoms with van der Waals surface area (Å²) in [6.45, 7) is 2.03. The van der Waals surface area contributed by atoms with Gasteiger partial charge in [0.15, 0.2) is 0 Å². The van der Waals surface area contributed by atoms with Crippen molar-refractivity contribution >= 4 is 0 Å². The van der Waals surface area contributed by atoms with E-state index in [2.05, 4.69) is 5.10 Å². The minimum absolute atomic E-state index is 0.639. The van der Waals surface area contributed by atoms with Crippen LogP contribution >= 0.6 is 0 Å². The second-order valence-corrected chi connectivity index (χ2v) is 4.23. The Kier molecular flexibility index (Phi) is 3.67. The molecule has 4 heteroatoms. The number of aliphatic hydroxyl groups excluding tert-OH is 1. The number of aliphatic hydroxyl groups is 1. The molecule has 0 bridgehead atoms. The molecule has 1 unspecified atom stereocenters. The number of benzene rings is 1. The fourth-order valence-corrected chi connectivity index (χ4v) is 2.02. The molecule has 1 heterocycles. The van der Waals surface area contributed by atoms with Crippen LogP contribution in [0.4, 0.5) is 0 Å². The maximum atomic E-state index is 10.4. The smallest absolute Gasteiger partial charge is 0.118 e. The van der Waals surface area contributed by atoms with Crippen LogP contribution in [0.3, 0.4) is 0 Å². The maximum Gasteiger partial charge on any atom is 0.118 e. The van der Waals surface area contributed by atoms with Gasteiger partial charge in [0.05, 0.1) is 12.8 Å². The van der Waals surface area contributed by atoms with Crippen LogP contribution < -0.4 is 4.74 Å². The lowest BCUT2D eigenvalue weighted by atomic mass is 10.0. The minimum Gasteiger partial charge on any atom is -0.497 e. The van der Waals surface area contributed by atoms with Gasteiger partial charge in [0, 0.05) is 18.8 Å². The van der Waals surface area contributed by atoms with Crippen LogP contribution in [0.1, 0.15) is 29.8 Å². The Morgan fingerprint density at radius 2 is 2.00 bits per heavy atom. The molecular formula is C14H18N2O2. The van der Waals surface area contributed by atoms with Crippen molar-refractivity contribution in [2.75, 3.05) is 7.11 Å². The maximum absolute atomic E-state index is 10.4. The summed E-state index contributed by atoms with van der Waals surface area (Å²) in [6, 6.07) is 7.44. The van der Waals surface area contributed by atoms with E-state index in [0.29, 0.717) is 0 Å². The molecule has 0 aliphatic rings. The number of hydrogen-bond acceptors (Lipinski definition) is 3. The first-order valence-electron chi connectivity index (χ1n) is 6.00. The van der Waals surface area contributed by atoms with E-state index in [9.17, 15) is 5.11 Å². The van der Waals surface area contributed by atoms with Crippen LogP contribution in [-0.2, 0) is 13.5 Å². The van der Waals surface area contributed by atoms with E-state index in [4.69, 9.17) is 4.74 Å². The summed E-state index contributed by atoms with van der Waals surface area (Å²) in [6.07, 6.45) is 2.04. The van der Waals surface area contributed by atoms with Crippen molar-refractivity contribution in [1.82, 2.24) is 9.78 Å². The van der Waals surface area contributed by atoms with Gasteiger partial charge in [0.25, 0.3) is 0 Å². The first-order chi connectivity index (χ1) is 8.65. The summed E-state index contributed by atoms with van der Waals surface area (Å²) in [5.41, 5.74) is 2.64. The van der Waals surface area contributed by atoms with Crippen LogP contribution in [0.2, 0.25) is 0 Å². The third-order valence-corrected chi connectivity index (χ3v) is 3.00. The Labute approximate surface area is 107 Å². The summed E-state index contributed by atoms with van der Waals surface area (Å²) < 4.78 is 6.84. The molecular weight excluding hydrogens is 228 g/mol. The Morgan fingerprint density at radius 3 is 2.56 bits per heavy atom. The molecule has 2 rings (SSSR count). The molecule has 2 aromatic rings. The van der Waals surface area contributed by atoms with Crippen molar-refractivity contribution in [3.05, 3.63) is 47.3 Å². The van der Waals surface area contributed by atoms with Gasteiger partial charge in [0.1, 0.15) is 11.9 Å². The van der Waals surface area contributed by atoms with Gasteiger partial charge in [-0.05, 0) is 24.1 Å². The van der Waals surface area contributed by atoms with Crippen molar-refractivity contribution in [2.45, 2.75) is 19.4 Å². The highest BCUT2D eigenvalue weighted by Crippen LogP contribution is 2.26. The van der Waals surface area contributed by atoms with Crippen molar-refractivity contribution in [2.24, 2.45) is 7.05 Å². The predicted octanol–water partition coefficient (Wildman–Crippen LogP) is 2.07. The highest BCUT2D eigenvalue weighted by atomic mass is 16.5. The van der Waals surface area contributed by atoms with E-state index in [-0.39, 0.29) is 0 Å². The zero-order chi connectivity index (χ0) is 13.1. The molecule has 0 amide bonds. The van der Waals surface area contributed by atoms with Crippen molar-refractivity contribution in [3.63, 3.8) is 0 Å². The number of methoxy groups -OCH3 is 1. The van der Waals surface area contributed by atoms with E-state index in [1.807, 2.05) is 44.4 Å². The lowest BCUT2D eigenvalue weighted by Gasteiger charge is -2.11. The van der Waals surface area contributed by atoms with Crippen molar-refractivity contribution in [1.29, 1.82) is 0 Å². The Hall–Kier alpha value is -1.81. The Balaban J connectivity index is 2.31. The molecule has 0 fully saturated rings. The zero-order valence-electron chi connectivity index (χ0n) is 10.9. The fraction of sp³-hybridized carbons (Fsp3) is 0.357. The van der Waals surface area contributed by atoms with E-state index in [0.717, 1.165) is 29.0 Å². The normalized spacial score (nSPS) is 12.4. The molecule has 1 aromatic carbocycles. The third kappa shape index (κ3) is 2.38.